The summed E-state index contributed by atoms with van der Waals surface area (Å²) < 4.78 is 6.17. The molecule has 4 heteroatoms. The van der Waals surface area contributed by atoms with E-state index >= 15 is 0 Å². The third-order valence-electron chi connectivity index (χ3n) is 8.52. The van der Waals surface area contributed by atoms with E-state index in [-0.39, 0.29) is 0 Å². The first kappa shape index (κ1) is 25.4. The maximum atomic E-state index is 6.17. The van der Waals surface area contributed by atoms with Crippen LogP contribution in [0.15, 0.2) is 156 Å². The molecule has 0 aliphatic heterocycles. The fourth-order valence-corrected chi connectivity index (χ4v) is 6.34. The van der Waals surface area contributed by atoms with Gasteiger partial charge in [0.05, 0.1) is 0 Å². The lowest BCUT2D eigenvalue weighted by Gasteiger charge is -2.14. The van der Waals surface area contributed by atoms with Crippen molar-refractivity contribution in [3.8, 4) is 45.5 Å². The highest BCUT2D eigenvalue weighted by atomic mass is 16.3. The van der Waals surface area contributed by atoms with Gasteiger partial charge < -0.3 is 4.42 Å². The molecular formula is C41H25N3O. The van der Waals surface area contributed by atoms with Crippen LogP contribution in [0.4, 0.5) is 0 Å². The average Bonchev–Trinajstić information content (AvgIpc) is 3.56. The normalized spacial score (nSPS) is 11.6. The number of rotatable bonds is 4. The van der Waals surface area contributed by atoms with Crippen molar-refractivity contribution >= 4 is 43.3 Å². The van der Waals surface area contributed by atoms with E-state index in [1.807, 2.05) is 60.7 Å². The quantitative estimate of drug-likeness (QED) is 0.155. The Balaban J connectivity index is 1.21. The van der Waals surface area contributed by atoms with E-state index in [1.165, 1.54) is 37.9 Å². The molecule has 0 fully saturated rings. The van der Waals surface area contributed by atoms with E-state index < -0.39 is 0 Å². The van der Waals surface area contributed by atoms with Gasteiger partial charge in [-0.2, -0.15) is 0 Å². The number of nitrogens with zero attached hydrogens (tertiary/aromatic N) is 3. The van der Waals surface area contributed by atoms with Crippen LogP contribution in [0.1, 0.15) is 0 Å². The minimum absolute atomic E-state index is 0.506. The molecule has 2 aromatic heterocycles. The van der Waals surface area contributed by atoms with Gasteiger partial charge in [0.1, 0.15) is 5.58 Å². The second-order valence-electron chi connectivity index (χ2n) is 11.3. The highest BCUT2D eigenvalue weighted by molar-refractivity contribution is 6.20. The van der Waals surface area contributed by atoms with Crippen LogP contribution in [0, 0.1) is 0 Å². The molecule has 0 atom stereocenters. The summed E-state index contributed by atoms with van der Waals surface area (Å²) in [6, 6.07) is 52.5. The Bertz CT molecular complexity index is 2500. The van der Waals surface area contributed by atoms with Gasteiger partial charge >= 0.3 is 0 Å². The molecule has 4 nitrogen and oxygen atoms in total. The summed E-state index contributed by atoms with van der Waals surface area (Å²) in [6.07, 6.45) is 0. The van der Waals surface area contributed by atoms with Gasteiger partial charge in [-0.15, -0.1) is 0 Å². The lowest BCUT2D eigenvalue weighted by Crippen LogP contribution is -1.99. The highest BCUT2D eigenvalue weighted by Gasteiger charge is 2.17. The Morgan fingerprint density at radius 2 is 0.956 bits per heavy atom. The Morgan fingerprint density at radius 3 is 1.73 bits per heavy atom. The SMILES string of the molecule is c1ccc(-c2nc(-c3ccc(-c4c5ccccc5cc5c4ccc4ccccc45)cc3)nc(-c3cc4ccccc4o3)n2)cc1. The van der Waals surface area contributed by atoms with Crippen molar-refractivity contribution < 1.29 is 4.42 Å². The number of hydrogen-bond acceptors (Lipinski definition) is 4. The molecule has 0 spiro atoms. The number of benzene rings is 7. The molecule has 0 amide bonds. The van der Waals surface area contributed by atoms with E-state index in [4.69, 9.17) is 19.4 Å². The summed E-state index contributed by atoms with van der Waals surface area (Å²) in [5, 5.41) is 8.45. The number of aromatic nitrogens is 3. The summed E-state index contributed by atoms with van der Waals surface area (Å²) >= 11 is 0. The van der Waals surface area contributed by atoms with Gasteiger partial charge in [-0.05, 0) is 61.6 Å². The maximum absolute atomic E-state index is 6.17. The Kier molecular flexibility index (Phi) is 5.78. The lowest BCUT2D eigenvalue weighted by atomic mass is 9.89. The van der Waals surface area contributed by atoms with Crippen LogP contribution in [0.3, 0.4) is 0 Å². The number of furan rings is 1. The molecule has 210 valence electrons. The molecule has 0 bridgehead atoms. The molecule has 45 heavy (non-hydrogen) atoms. The van der Waals surface area contributed by atoms with E-state index in [0.717, 1.165) is 27.7 Å². The van der Waals surface area contributed by atoms with Crippen molar-refractivity contribution in [1.82, 2.24) is 15.0 Å². The van der Waals surface area contributed by atoms with Crippen molar-refractivity contribution in [3.63, 3.8) is 0 Å². The summed E-state index contributed by atoms with van der Waals surface area (Å²) in [5.74, 6) is 2.32. The Labute approximate surface area is 259 Å². The number of hydrogen-bond donors (Lipinski definition) is 0. The third-order valence-corrected chi connectivity index (χ3v) is 8.52. The topological polar surface area (TPSA) is 51.8 Å². The Morgan fingerprint density at radius 1 is 0.356 bits per heavy atom. The molecule has 0 aliphatic rings. The predicted octanol–water partition coefficient (Wildman–Crippen LogP) is 10.7. The van der Waals surface area contributed by atoms with Crippen LogP contribution in [0.5, 0.6) is 0 Å². The zero-order valence-corrected chi connectivity index (χ0v) is 24.2. The fourth-order valence-electron chi connectivity index (χ4n) is 6.34. The van der Waals surface area contributed by atoms with Gasteiger partial charge in [-0.25, -0.2) is 15.0 Å². The summed E-state index contributed by atoms with van der Waals surface area (Å²) in [6.45, 7) is 0. The smallest absolute Gasteiger partial charge is 0.199 e. The number of para-hydroxylation sites is 1. The van der Waals surface area contributed by atoms with Crippen LogP contribution in [-0.2, 0) is 0 Å². The minimum atomic E-state index is 0.506. The Hall–Kier alpha value is -6.13. The first-order valence-corrected chi connectivity index (χ1v) is 15.0. The van der Waals surface area contributed by atoms with Crippen LogP contribution < -0.4 is 0 Å². The number of fused-ring (bicyclic) bond motifs is 5. The van der Waals surface area contributed by atoms with Crippen molar-refractivity contribution in [2.45, 2.75) is 0 Å². The molecule has 0 N–H and O–H groups in total. The molecule has 0 saturated heterocycles. The van der Waals surface area contributed by atoms with E-state index in [2.05, 4.69) is 91.0 Å². The molecule has 0 aliphatic carbocycles. The molecular weight excluding hydrogens is 550 g/mol. The molecule has 0 radical (unpaired) electrons. The average molecular weight is 576 g/mol. The van der Waals surface area contributed by atoms with Crippen molar-refractivity contribution in [2.75, 3.05) is 0 Å². The first-order chi connectivity index (χ1) is 22.3. The summed E-state index contributed by atoms with van der Waals surface area (Å²) in [7, 11) is 0. The lowest BCUT2D eigenvalue weighted by molar-refractivity contribution is 0.625. The van der Waals surface area contributed by atoms with Gasteiger partial charge in [0.2, 0.25) is 0 Å². The molecule has 9 aromatic rings. The van der Waals surface area contributed by atoms with Crippen molar-refractivity contribution in [1.29, 1.82) is 0 Å². The van der Waals surface area contributed by atoms with Crippen LogP contribution in [0.2, 0.25) is 0 Å². The van der Waals surface area contributed by atoms with Crippen LogP contribution >= 0.6 is 0 Å². The van der Waals surface area contributed by atoms with E-state index in [1.54, 1.807) is 0 Å². The minimum Gasteiger partial charge on any atom is -0.453 e. The summed E-state index contributed by atoms with van der Waals surface area (Å²) in [5.41, 5.74) is 5.00. The standard InChI is InChI=1S/C41H25N3O/c1-2-11-28(12-3-1)39-42-40(44-41(43-39)37-25-31-14-6-9-17-36(31)45-37)29-20-18-27(19-21-29)38-33-16-8-5-13-30(33)24-35-32-15-7-4-10-26(32)22-23-34(35)38/h1-25H. The highest BCUT2D eigenvalue weighted by Crippen LogP contribution is 2.40. The van der Waals surface area contributed by atoms with E-state index in [9.17, 15) is 0 Å². The zero-order chi connectivity index (χ0) is 29.7. The van der Waals surface area contributed by atoms with E-state index in [0.29, 0.717) is 23.2 Å². The summed E-state index contributed by atoms with van der Waals surface area (Å²) in [4.78, 5) is 14.7. The molecule has 7 aromatic carbocycles. The first-order valence-electron chi connectivity index (χ1n) is 15.0. The van der Waals surface area contributed by atoms with Crippen LogP contribution in [-0.4, -0.2) is 15.0 Å². The molecule has 0 unspecified atom stereocenters. The van der Waals surface area contributed by atoms with Gasteiger partial charge in [0, 0.05) is 16.5 Å². The van der Waals surface area contributed by atoms with Crippen molar-refractivity contribution in [3.05, 3.63) is 152 Å². The van der Waals surface area contributed by atoms with Crippen LogP contribution in [0.25, 0.3) is 88.8 Å². The third kappa shape index (κ3) is 4.35. The predicted molar refractivity (Wildman–Crippen MR) is 184 cm³/mol. The monoisotopic (exact) mass is 575 g/mol. The molecule has 9 rings (SSSR count). The molecule has 0 saturated carbocycles. The van der Waals surface area contributed by atoms with Crippen molar-refractivity contribution in [2.24, 2.45) is 0 Å². The largest absolute Gasteiger partial charge is 0.453 e. The fraction of sp³-hybridized carbons (Fsp3) is 0. The second kappa shape index (κ2) is 10.2. The maximum Gasteiger partial charge on any atom is 0.199 e. The van der Waals surface area contributed by atoms with Gasteiger partial charge in [-0.3, -0.25) is 0 Å². The van der Waals surface area contributed by atoms with Gasteiger partial charge in [0.15, 0.2) is 23.2 Å². The zero-order valence-electron chi connectivity index (χ0n) is 24.2. The van der Waals surface area contributed by atoms with Gasteiger partial charge in [-0.1, -0.05) is 133 Å². The molecule has 2 heterocycles. The van der Waals surface area contributed by atoms with Gasteiger partial charge in [0.25, 0.3) is 0 Å². The second-order valence-corrected chi connectivity index (χ2v) is 11.3.